The van der Waals surface area contributed by atoms with Gasteiger partial charge in [-0.15, -0.1) is 5.10 Å². The quantitative estimate of drug-likeness (QED) is 0.486. The third-order valence-electron chi connectivity index (χ3n) is 3.94. The van der Waals surface area contributed by atoms with E-state index in [4.69, 9.17) is 9.26 Å². The number of carbonyl (C=O) groups is 1. The highest BCUT2D eigenvalue weighted by Crippen LogP contribution is 2.20. The number of aromatic nitrogens is 6. The van der Waals surface area contributed by atoms with E-state index in [0.717, 1.165) is 0 Å². The Morgan fingerprint density at radius 1 is 1.25 bits per heavy atom. The molecule has 9 nitrogen and oxygen atoms in total. The SMILES string of the molecule is Cc1ccc(-c2noc(COC(=O)c3ccccc3-n3cnnn3)n2)cc1F. The summed E-state index contributed by atoms with van der Waals surface area (Å²) in [6.07, 6.45) is 1.37. The van der Waals surface area contributed by atoms with Crippen LogP contribution < -0.4 is 0 Å². The number of halogens is 1. The van der Waals surface area contributed by atoms with E-state index in [1.807, 2.05) is 0 Å². The number of tetrazole rings is 1. The lowest BCUT2D eigenvalue weighted by Crippen LogP contribution is -2.10. The van der Waals surface area contributed by atoms with Crippen LogP contribution in [-0.4, -0.2) is 36.3 Å². The zero-order valence-corrected chi connectivity index (χ0v) is 14.6. The van der Waals surface area contributed by atoms with E-state index >= 15 is 0 Å². The first-order valence-electron chi connectivity index (χ1n) is 8.20. The standard InChI is InChI=1S/C18H13FN6O3/c1-11-6-7-12(8-14(11)19)17-21-16(28-22-17)9-27-18(26)13-4-2-3-5-15(13)25-10-20-23-24-25/h2-8,10H,9H2,1H3. The average Bonchev–Trinajstić information content (AvgIpc) is 3.40. The number of aryl methyl sites for hydroxylation is 1. The van der Waals surface area contributed by atoms with Gasteiger partial charge in [0.1, 0.15) is 12.1 Å². The Kier molecular flexibility index (Phi) is 4.58. The first kappa shape index (κ1) is 17.5. The molecular weight excluding hydrogens is 367 g/mol. The summed E-state index contributed by atoms with van der Waals surface area (Å²) in [5, 5.41) is 14.7. The average molecular weight is 380 g/mol. The number of carbonyl (C=O) groups excluding carboxylic acids is 1. The second kappa shape index (κ2) is 7.35. The van der Waals surface area contributed by atoms with Crippen molar-refractivity contribution in [3.8, 4) is 17.1 Å². The van der Waals surface area contributed by atoms with Crippen LogP contribution in [0.3, 0.4) is 0 Å². The van der Waals surface area contributed by atoms with Crippen LogP contribution in [0.15, 0.2) is 53.3 Å². The second-order valence-corrected chi connectivity index (χ2v) is 5.82. The van der Waals surface area contributed by atoms with Crippen molar-refractivity contribution in [2.75, 3.05) is 0 Å². The summed E-state index contributed by atoms with van der Waals surface area (Å²) in [6.45, 7) is 1.43. The molecule has 2 aromatic carbocycles. The summed E-state index contributed by atoms with van der Waals surface area (Å²) in [6, 6.07) is 11.3. The number of rotatable bonds is 5. The first-order valence-corrected chi connectivity index (χ1v) is 8.20. The van der Waals surface area contributed by atoms with Gasteiger partial charge in [-0.25, -0.2) is 9.18 Å². The number of hydrogen-bond acceptors (Lipinski definition) is 8. The van der Waals surface area contributed by atoms with Gasteiger partial charge in [0.15, 0.2) is 6.61 Å². The minimum Gasteiger partial charge on any atom is -0.452 e. The Balaban J connectivity index is 1.48. The fourth-order valence-corrected chi connectivity index (χ4v) is 2.49. The van der Waals surface area contributed by atoms with Gasteiger partial charge in [0.2, 0.25) is 5.82 Å². The van der Waals surface area contributed by atoms with Crippen molar-refractivity contribution in [3.05, 3.63) is 71.6 Å². The Morgan fingerprint density at radius 2 is 2.11 bits per heavy atom. The lowest BCUT2D eigenvalue weighted by molar-refractivity contribution is 0.0429. The van der Waals surface area contributed by atoms with Gasteiger partial charge in [-0.05, 0) is 41.1 Å². The molecule has 140 valence electrons. The molecule has 0 unspecified atom stereocenters. The Hall–Kier alpha value is -3.95. The van der Waals surface area contributed by atoms with Crippen LogP contribution in [0, 0.1) is 12.7 Å². The number of hydrogen-bond donors (Lipinski definition) is 0. The maximum atomic E-state index is 13.7. The van der Waals surface area contributed by atoms with Crippen LogP contribution in [0.2, 0.25) is 0 Å². The highest BCUT2D eigenvalue weighted by atomic mass is 19.1. The molecular formula is C18H13FN6O3. The van der Waals surface area contributed by atoms with E-state index in [1.54, 1.807) is 43.3 Å². The molecule has 0 amide bonds. The maximum Gasteiger partial charge on any atom is 0.340 e. The van der Waals surface area contributed by atoms with Gasteiger partial charge in [0.05, 0.1) is 11.3 Å². The van der Waals surface area contributed by atoms with Gasteiger partial charge in [-0.2, -0.15) is 9.67 Å². The molecule has 0 saturated heterocycles. The summed E-state index contributed by atoms with van der Waals surface area (Å²) in [5.74, 6) is -0.676. The molecule has 0 atom stereocenters. The van der Waals surface area contributed by atoms with Crippen LogP contribution in [0.4, 0.5) is 4.39 Å². The molecule has 28 heavy (non-hydrogen) atoms. The van der Waals surface area contributed by atoms with Crippen molar-refractivity contribution in [3.63, 3.8) is 0 Å². The lowest BCUT2D eigenvalue weighted by Gasteiger charge is -2.07. The van der Waals surface area contributed by atoms with Crippen molar-refractivity contribution in [1.29, 1.82) is 0 Å². The fourth-order valence-electron chi connectivity index (χ4n) is 2.49. The summed E-state index contributed by atoms with van der Waals surface area (Å²) >= 11 is 0. The Bertz CT molecular complexity index is 1130. The van der Waals surface area contributed by atoms with Crippen LogP contribution >= 0.6 is 0 Å². The molecule has 4 aromatic rings. The highest BCUT2D eigenvalue weighted by molar-refractivity contribution is 5.93. The first-order chi connectivity index (χ1) is 13.6. The van der Waals surface area contributed by atoms with Crippen molar-refractivity contribution >= 4 is 5.97 Å². The molecule has 0 fully saturated rings. The molecule has 0 bridgehead atoms. The predicted octanol–water partition coefficient (Wildman–Crippen LogP) is 2.52. The van der Waals surface area contributed by atoms with Crippen LogP contribution in [0.25, 0.3) is 17.1 Å². The molecule has 0 aliphatic rings. The van der Waals surface area contributed by atoms with E-state index in [2.05, 4.69) is 25.7 Å². The zero-order valence-electron chi connectivity index (χ0n) is 14.6. The third kappa shape index (κ3) is 3.47. The molecule has 0 saturated carbocycles. The Labute approximate surface area is 157 Å². The van der Waals surface area contributed by atoms with Crippen molar-refractivity contribution in [2.24, 2.45) is 0 Å². The second-order valence-electron chi connectivity index (χ2n) is 5.82. The van der Waals surface area contributed by atoms with Gasteiger partial charge in [0, 0.05) is 5.56 Å². The molecule has 0 aliphatic heterocycles. The molecule has 2 heterocycles. The number of nitrogens with zero attached hydrogens (tertiary/aromatic N) is 6. The molecule has 0 spiro atoms. The third-order valence-corrected chi connectivity index (χ3v) is 3.94. The highest BCUT2D eigenvalue weighted by Gasteiger charge is 2.17. The van der Waals surface area contributed by atoms with Crippen LogP contribution in [0.1, 0.15) is 21.8 Å². The Morgan fingerprint density at radius 3 is 2.89 bits per heavy atom. The molecule has 2 aromatic heterocycles. The van der Waals surface area contributed by atoms with Crippen LogP contribution in [0.5, 0.6) is 0 Å². The monoisotopic (exact) mass is 380 g/mol. The lowest BCUT2D eigenvalue weighted by atomic mass is 10.1. The van der Waals surface area contributed by atoms with Gasteiger partial charge < -0.3 is 9.26 Å². The van der Waals surface area contributed by atoms with Gasteiger partial charge in [0.25, 0.3) is 5.89 Å². The van der Waals surface area contributed by atoms with Gasteiger partial charge >= 0.3 is 5.97 Å². The minimum absolute atomic E-state index is 0.0873. The molecule has 4 rings (SSSR count). The van der Waals surface area contributed by atoms with E-state index in [9.17, 15) is 9.18 Å². The number of ether oxygens (including phenoxy) is 1. The van der Waals surface area contributed by atoms with Crippen LogP contribution in [-0.2, 0) is 11.3 Å². The largest absolute Gasteiger partial charge is 0.452 e. The molecule has 0 radical (unpaired) electrons. The van der Waals surface area contributed by atoms with Crippen molar-refractivity contribution in [2.45, 2.75) is 13.5 Å². The molecule has 0 aliphatic carbocycles. The van der Waals surface area contributed by atoms with Crippen molar-refractivity contribution in [1.82, 2.24) is 30.3 Å². The number of para-hydroxylation sites is 1. The van der Waals surface area contributed by atoms with Crippen molar-refractivity contribution < 1.29 is 18.4 Å². The summed E-state index contributed by atoms with van der Waals surface area (Å²) < 4.78 is 25.4. The van der Waals surface area contributed by atoms with E-state index in [-0.39, 0.29) is 29.7 Å². The zero-order chi connectivity index (χ0) is 19.5. The minimum atomic E-state index is -0.604. The number of esters is 1. The molecule has 0 N–H and O–H groups in total. The normalized spacial score (nSPS) is 10.8. The van der Waals surface area contributed by atoms with E-state index in [0.29, 0.717) is 16.8 Å². The van der Waals surface area contributed by atoms with E-state index < -0.39 is 5.97 Å². The van der Waals surface area contributed by atoms with Gasteiger partial charge in [-0.3, -0.25) is 0 Å². The predicted molar refractivity (Wildman–Crippen MR) is 92.7 cm³/mol. The molecule has 10 heteroatoms. The maximum absolute atomic E-state index is 13.7. The fraction of sp³-hybridized carbons (Fsp3) is 0.111. The smallest absolute Gasteiger partial charge is 0.340 e. The van der Waals surface area contributed by atoms with E-state index in [1.165, 1.54) is 17.1 Å². The summed E-state index contributed by atoms with van der Waals surface area (Å²) in [4.78, 5) is 16.6. The number of benzene rings is 2. The summed E-state index contributed by atoms with van der Waals surface area (Å²) in [5.41, 5.74) is 1.73. The van der Waals surface area contributed by atoms with Gasteiger partial charge in [-0.1, -0.05) is 29.4 Å². The topological polar surface area (TPSA) is 109 Å². The summed E-state index contributed by atoms with van der Waals surface area (Å²) in [7, 11) is 0.